The molecule has 0 aromatic heterocycles. The molecule has 25 heavy (non-hydrogen) atoms. The standard InChI is InChI=1S/C17H17ClN4O2S/c18-13-2-1-3-14(12-13)19-17(25)21-10-8-20(9-11-21)15-4-6-16(7-5-15)22(23)24/h1-7,12H,8-11H2,(H,19,25). The van der Waals surface area contributed by atoms with Gasteiger partial charge in [-0.1, -0.05) is 17.7 Å². The molecule has 0 unspecified atom stereocenters. The van der Waals surface area contributed by atoms with Crippen LogP contribution in [0.15, 0.2) is 48.5 Å². The normalized spacial score (nSPS) is 14.3. The van der Waals surface area contributed by atoms with Crippen molar-refractivity contribution < 1.29 is 4.92 Å². The molecule has 130 valence electrons. The lowest BCUT2D eigenvalue weighted by Crippen LogP contribution is -2.50. The largest absolute Gasteiger partial charge is 0.368 e. The Balaban J connectivity index is 1.56. The molecule has 8 heteroatoms. The zero-order valence-electron chi connectivity index (χ0n) is 13.4. The molecule has 0 atom stereocenters. The number of anilines is 2. The Bertz CT molecular complexity index is 776. The van der Waals surface area contributed by atoms with Gasteiger partial charge in [0.15, 0.2) is 5.11 Å². The Morgan fingerprint density at radius 3 is 2.40 bits per heavy atom. The van der Waals surface area contributed by atoms with Crippen LogP contribution in [0.4, 0.5) is 17.1 Å². The topological polar surface area (TPSA) is 61.7 Å². The number of rotatable bonds is 3. The Morgan fingerprint density at radius 2 is 1.80 bits per heavy atom. The van der Waals surface area contributed by atoms with Crippen LogP contribution in [0, 0.1) is 10.1 Å². The van der Waals surface area contributed by atoms with Gasteiger partial charge in [0, 0.05) is 54.7 Å². The molecule has 1 aliphatic heterocycles. The second-order valence-corrected chi connectivity index (χ2v) is 6.51. The van der Waals surface area contributed by atoms with Gasteiger partial charge in [0.1, 0.15) is 0 Å². The lowest BCUT2D eigenvalue weighted by atomic mass is 10.2. The monoisotopic (exact) mass is 376 g/mol. The number of benzene rings is 2. The van der Waals surface area contributed by atoms with Crippen molar-refractivity contribution >= 4 is 46.0 Å². The number of non-ortho nitro benzene ring substituents is 1. The van der Waals surface area contributed by atoms with E-state index in [0.717, 1.165) is 37.6 Å². The van der Waals surface area contributed by atoms with Crippen molar-refractivity contribution in [2.75, 3.05) is 36.4 Å². The van der Waals surface area contributed by atoms with Crippen LogP contribution in [0.2, 0.25) is 5.02 Å². The predicted molar refractivity (Wildman–Crippen MR) is 105 cm³/mol. The van der Waals surface area contributed by atoms with Crippen LogP contribution < -0.4 is 10.2 Å². The van der Waals surface area contributed by atoms with E-state index in [1.54, 1.807) is 12.1 Å². The van der Waals surface area contributed by atoms with E-state index >= 15 is 0 Å². The molecule has 1 heterocycles. The third-order valence-corrected chi connectivity index (χ3v) is 4.66. The van der Waals surface area contributed by atoms with Gasteiger partial charge in [0.05, 0.1) is 4.92 Å². The zero-order chi connectivity index (χ0) is 17.8. The summed E-state index contributed by atoms with van der Waals surface area (Å²) in [6, 6.07) is 14.1. The van der Waals surface area contributed by atoms with Gasteiger partial charge in [-0.2, -0.15) is 0 Å². The minimum Gasteiger partial charge on any atom is -0.368 e. The van der Waals surface area contributed by atoms with Crippen molar-refractivity contribution in [3.8, 4) is 0 Å². The number of nitro groups is 1. The van der Waals surface area contributed by atoms with Crippen LogP contribution in [0.3, 0.4) is 0 Å². The number of hydrogen-bond acceptors (Lipinski definition) is 4. The summed E-state index contributed by atoms with van der Waals surface area (Å²) in [7, 11) is 0. The number of nitrogens with one attached hydrogen (secondary N) is 1. The molecule has 2 aromatic rings. The molecule has 2 aromatic carbocycles. The quantitative estimate of drug-likeness (QED) is 0.500. The van der Waals surface area contributed by atoms with Crippen molar-refractivity contribution in [2.45, 2.75) is 0 Å². The highest BCUT2D eigenvalue weighted by Gasteiger charge is 2.19. The average Bonchev–Trinajstić information content (AvgIpc) is 2.62. The first-order chi connectivity index (χ1) is 12.0. The van der Waals surface area contributed by atoms with E-state index in [2.05, 4.69) is 15.1 Å². The lowest BCUT2D eigenvalue weighted by Gasteiger charge is -2.37. The molecule has 0 saturated carbocycles. The van der Waals surface area contributed by atoms with E-state index in [9.17, 15) is 10.1 Å². The molecule has 3 rings (SSSR count). The number of halogens is 1. The molecular weight excluding hydrogens is 360 g/mol. The smallest absolute Gasteiger partial charge is 0.269 e. The van der Waals surface area contributed by atoms with Gasteiger partial charge in [0.2, 0.25) is 0 Å². The number of nitrogens with zero attached hydrogens (tertiary/aromatic N) is 3. The van der Waals surface area contributed by atoms with Crippen LogP contribution in [0.25, 0.3) is 0 Å². The Morgan fingerprint density at radius 1 is 1.12 bits per heavy atom. The minimum absolute atomic E-state index is 0.106. The zero-order valence-corrected chi connectivity index (χ0v) is 15.0. The number of piperazine rings is 1. The Kier molecular flexibility index (Phi) is 5.35. The number of nitro benzene ring substituents is 1. The van der Waals surface area contributed by atoms with Crippen LogP contribution >= 0.6 is 23.8 Å². The van der Waals surface area contributed by atoms with Gasteiger partial charge in [-0.3, -0.25) is 10.1 Å². The summed E-state index contributed by atoms with van der Waals surface area (Å²) < 4.78 is 0. The third kappa shape index (κ3) is 4.37. The Hall–Kier alpha value is -2.38. The second-order valence-electron chi connectivity index (χ2n) is 5.69. The maximum Gasteiger partial charge on any atom is 0.269 e. The maximum absolute atomic E-state index is 10.7. The summed E-state index contributed by atoms with van der Waals surface area (Å²) in [6.45, 7) is 3.16. The van der Waals surface area contributed by atoms with E-state index in [1.165, 1.54) is 12.1 Å². The minimum atomic E-state index is -0.387. The average molecular weight is 377 g/mol. The molecule has 1 N–H and O–H groups in total. The second kappa shape index (κ2) is 7.67. The predicted octanol–water partition coefficient (Wildman–Crippen LogP) is 3.77. The highest BCUT2D eigenvalue weighted by molar-refractivity contribution is 7.80. The molecular formula is C17H17ClN4O2S. The molecule has 0 radical (unpaired) electrons. The van der Waals surface area contributed by atoms with Gasteiger partial charge < -0.3 is 15.1 Å². The van der Waals surface area contributed by atoms with Gasteiger partial charge in [-0.05, 0) is 42.5 Å². The van der Waals surface area contributed by atoms with Crippen LogP contribution in [0.1, 0.15) is 0 Å². The van der Waals surface area contributed by atoms with E-state index in [1.807, 2.05) is 24.3 Å². The first-order valence-electron chi connectivity index (χ1n) is 7.84. The summed E-state index contributed by atoms with van der Waals surface area (Å²) >= 11 is 11.5. The first-order valence-corrected chi connectivity index (χ1v) is 8.62. The van der Waals surface area contributed by atoms with Gasteiger partial charge >= 0.3 is 0 Å². The van der Waals surface area contributed by atoms with Crippen LogP contribution in [0.5, 0.6) is 0 Å². The van der Waals surface area contributed by atoms with E-state index < -0.39 is 0 Å². The fraction of sp³-hybridized carbons (Fsp3) is 0.235. The molecule has 0 amide bonds. The molecule has 0 spiro atoms. The van der Waals surface area contributed by atoms with Crippen molar-refractivity contribution in [1.29, 1.82) is 0 Å². The summed E-state index contributed by atoms with van der Waals surface area (Å²) in [4.78, 5) is 14.7. The summed E-state index contributed by atoms with van der Waals surface area (Å²) in [6.07, 6.45) is 0. The molecule has 0 aliphatic carbocycles. The molecule has 0 bridgehead atoms. The van der Waals surface area contributed by atoms with Gasteiger partial charge in [-0.15, -0.1) is 0 Å². The van der Waals surface area contributed by atoms with Crippen molar-refractivity contribution in [3.63, 3.8) is 0 Å². The van der Waals surface area contributed by atoms with Crippen molar-refractivity contribution in [3.05, 3.63) is 63.7 Å². The molecule has 1 fully saturated rings. The van der Waals surface area contributed by atoms with E-state index in [-0.39, 0.29) is 10.6 Å². The maximum atomic E-state index is 10.7. The van der Waals surface area contributed by atoms with E-state index in [0.29, 0.717) is 10.1 Å². The molecule has 1 aliphatic rings. The number of hydrogen-bond donors (Lipinski definition) is 1. The van der Waals surface area contributed by atoms with Crippen molar-refractivity contribution in [2.24, 2.45) is 0 Å². The fourth-order valence-corrected chi connectivity index (χ4v) is 3.21. The highest BCUT2D eigenvalue weighted by Crippen LogP contribution is 2.21. The van der Waals surface area contributed by atoms with Crippen molar-refractivity contribution in [1.82, 2.24) is 4.90 Å². The summed E-state index contributed by atoms with van der Waals surface area (Å²) in [5.74, 6) is 0. The van der Waals surface area contributed by atoms with Crippen LogP contribution in [-0.2, 0) is 0 Å². The third-order valence-electron chi connectivity index (χ3n) is 4.07. The summed E-state index contributed by atoms with van der Waals surface area (Å²) in [5, 5.41) is 15.3. The van der Waals surface area contributed by atoms with E-state index in [4.69, 9.17) is 23.8 Å². The lowest BCUT2D eigenvalue weighted by molar-refractivity contribution is -0.384. The molecule has 1 saturated heterocycles. The fourth-order valence-electron chi connectivity index (χ4n) is 2.72. The first kappa shape index (κ1) is 17.4. The molecule has 6 nitrogen and oxygen atoms in total. The highest BCUT2D eigenvalue weighted by atomic mass is 35.5. The summed E-state index contributed by atoms with van der Waals surface area (Å²) in [5.41, 5.74) is 1.96. The SMILES string of the molecule is O=[N+]([O-])c1ccc(N2CCN(C(=S)Nc3cccc(Cl)c3)CC2)cc1. The number of thiocarbonyl (C=S) groups is 1. The Labute approximate surface area is 156 Å². The van der Waals surface area contributed by atoms with Gasteiger partial charge in [0.25, 0.3) is 5.69 Å². The van der Waals surface area contributed by atoms with Crippen LogP contribution in [-0.4, -0.2) is 41.1 Å². The van der Waals surface area contributed by atoms with Gasteiger partial charge in [-0.25, -0.2) is 0 Å².